The Morgan fingerprint density at radius 2 is 1.91 bits per heavy atom. The van der Waals surface area contributed by atoms with Gasteiger partial charge in [0.05, 0.1) is 42.3 Å². The minimum Gasteiger partial charge on any atom is -0.378 e. The van der Waals surface area contributed by atoms with E-state index in [-0.39, 0.29) is 23.8 Å². The number of piperidine rings is 1. The van der Waals surface area contributed by atoms with E-state index >= 15 is 0 Å². The first kappa shape index (κ1) is 25.4. The van der Waals surface area contributed by atoms with Gasteiger partial charge >= 0.3 is 0 Å². The van der Waals surface area contributed by atoms with Gasteiger partial charge in [-0.15, -0.1) is 0 Å². The van der Waals surface area contributed by atoms with Gasteiger partial charge in [-0.3, -0.25) is 9.59 Å². The van der Waals surface area contributed by atoms with E-state index in [9.17, 15) is 9.59 Å². The lowest BCUT2D eigenvalue weighted by molar-refractivity contribution is -0.140. The molecular formula is C27H39N5O3. The van der Waals surface area contributed by atoms with E-state index in [2.05, 4.69) is 31.2 Å². The summed E-state index contributed by atoms with van der Waals surface area (Å²) < 4.78 is 7.31. The number of hydrogen-bond donors (Lipinski definition) is 1. The SMILES string of the molecule is CCCc1c(C(=O)N(CC(C)C)[C@@H]2CNC[C@H](C(=O)N3CCOCC3)C2)cnn1-c1ccccc1. The fraction of sp³-hybridized carbons (Fsp3) is 0.593. The highest BCUT2D eigenvalue weighted by Gasteiger charge is 2.36. The molecule has 0 radical (unpaired) electrons. The molecule has 2 amide bonds. The van der Waals surface area contributed by atoms with Crippen LogP contribution >= 0.6 is 0 Å². The molecular weight excluding hydrogens is 442 g/mol. The number of amides is 2. The average molecular weight is 482 g/mol. The summed E-state index contributed by atoms with van der Waals surface area (Å²) in [6, 6.07) is 9.94. The highest BCUT2D eigenvalue weighted by molar-refractivity contribution is 5.95. The fourth-order valence-electron chi connectivity index (χ4n) is 5.15. The second-order valence-electron chi connectivity index (χ2n) is 10.0. The highest BCUT2D eigenvalue weighted by atomic mass is 16.5. The lowest BCUT2D eigenvalue weighted by Gasteiger charge is -2.40. The summed E-state index contributed by atoms with van der Waals surface area (Å²) in [5.41, 5.74) is 2.57. The number of hydrogen-bond acceptors (Lipinski definition) is 5. The number of morpholine rings is 1. The largest absolute Gasteiger partial charge is 0.378 e. The molecule has 2 aromatic rings. The molecule has 1 N–H and O–H groups in total. The van der Waals surface area contributed by atoms with Crippen molar-refractivity contribution < 1.29 is 14.3 Å². The Labute approximate surface area is 208 Å². The van der Waals surface area contributed by atoms with E-state index in [0.717, 1.165) is 24.2 Å². The Morgan fingerprint density at radius 1 is 1.17 bits per heavy atom. The molecule has 4 rings (SSSR count). The first-order chi connectivity index (χ1) is 17.0. The molecule has 8 nitrogen and oxygen atoms in total. The van der Waals surface area contributed by atoms with E-state index in [1.807, 2.05) is 44.8 Å². The molecule has 0 unspecified atom stereocenters. The van der Waals surface area contributed by atoms with Gasteiger partial charge < -0.3 is 19.9 Å². The van der Waals surface area contributed by atoms with Crippen LogP contribution in [0.3, 0.4) is 0 Å². The Kier molecular flexibility index (Phi) is 8.57. The van der Waals surface area contributed by atoms with Gasteiger partial charge in [0.25, 0.3) is 5.91 Å². The zero-order valence-corrected chi connectivity index (χ0v) is 21.3. The lowest BCUT2D eigenvalue weighted by Crippen LogP contribution is -2.56. The third-order valence-corrected chi connectivity index (χ3v) is 6.85. The average Bonchev–Trinajstić information content (AvgIpc) is 3.31. The van der Waals surface area contributed by atoms with E-state index in [1.54, 1.807) is 6.20 Å². The Bertz CT molecular complexity index is 984. The number of nitrogens with one attached hydrogen (secondary N) is 1. The van der Waals surface area contributed by atoms with Gasteiger partial charge in [0.1, 0.15) is 0 Å². The van der Waals surface area contributed by atoms with Crippen molar-refractivity contribution in [2.24, 2.45) is 11.8 Å². The van der Waals surface area contributed by atoms with Gasteiger partial charge in [-0.1, -0.05) is 45.4 Å². The van der Waals surface area contributed by atoms with Crippen LogP contribution in [0.1, 0.15) is 49.7 Å². The van der Waals surface area contributed by atoms with Crippen molar-refractivity contribution >= 4 is 11.8 Å². The standard InChI is InChI=1S/C27H39N5O3/c1-4-8-25-24(18-29-32(25)22-9-6-5-7-10-22)27(34)31(19-20(2)3)23-15-21(16-28-17-23)26(33)30-11-13-35-14-12-30/h5-7,9-10,18,20-21,23,28H,4,8,11-17,19H2,1-3H3/t21-,23+/m1/s1. The molecule has 2 atom stereocenters. The number of nitrogens with zero attached hydrogens (tertiary/aromatic N) is 4. The molecule has 1 aromatic heterocycles. The molecule has 8 heteroatoms. The minimum atomic E-state index is -0.128. The second-order valence-corrected chi connectivity index (χ2v) is 10.0. The van der Waals surface area contributed by atoms with Crippen LogP contribution in [0.25, 0.3) is 5.69 Å². The van der Waals surface area contributed by atoms with E-state index in [0.29, 0.717) is 63.8 Å². The number of aromatic nitrogens is 2. The molecule has 2 aliphatic rings. The van der Waals surface area contributed by atoms with Crippen LogP contribution in [0.2, 0.25) is 0 Å². The van der Waals surface area contributed by atoms with Gasteiger partial charge in [-0.2, -0.15) is 5.10 Å². The summed E-state index contributed by atoms with van der Waals surface area (Å²) in [6.45, 7) is 10.9. The minimum absolute atomic E-state index is 0.00982. The molecule has 2 aliphatic heterocycles. The summed E-state index contributed by atoms with van der Waals surface area (Å²) in [7, 11) is 0. The number of para-hydroxylation sites is 1. The molecule has 0 spiro atoms. The molecule has 190 valence electrons. The zero-order chi connectivity index (χ0) is 24.8. The van der Waals surface area contributed by atoms with E-state index in [1.165, 1.54) is 0 Å². The van der Waals surface area contributed by atoms with Crippen LogP contribution in [0, 0.1) is 11.8 Å². The summed E-state index contributed by atoms with van der Waals surface area (Å²) >= 11 is 0. The second kappa shape index (κ2) is 11.8. The van der Waals surface area contributed by atoms with Crippen molar-refractivity contribution in [1.29, 1.82) is 0 Å². The van der Waals surface area contributed by atoms with Gasteiger partial charge in [0.2, 0.25) is 5.91 Å². The zero-order valence-electron chi connectivity index (χ0n) is 21.3. The van der Waals surface area contributed by atoms with Crippen LogP contribution < -0.4 is 5.32 Å². The van der Waals surface area contributed by atoms with Gasteiger partial charge in [-0.05, 0) is 30.9 Å². The summed E-state index contributed by atoms with van der Waals surface area (Å²) in [4.78, 5) is 31.1. The third-order valence-electron chi connectivity index (χ3n) is 6.85. The summed E-state index contributed by atoms with van der Waals surface area (Å²) in [5.74, 6) is 0.367. The third kappa shape index (κ3) is 5.93. The predicted molar refractivity (Wildman–Crippen MR) is 136 cm³/mol. The molecule has 0 aliphatic carbocycles. The van der Waals surface area contributed by atoms with Crippen molar-refractivity contribution in [3.8, 4) is 5.69 Å². The maximum absolute atomic E-state index is 14.0. The molecule has 2 saturated heterocycles. The predicted octanol–water partition coefficient (Wildman–Crippen LogP) is 2.76. The number of ether oxygens (including phenoxy) is 1. The molecule has 0 saturated carbocycles. The van der Waals surface area contributed by atoms with Crippen LogP contribution in [0.4, 0.5) is 0 Å². The van der Waals surface area contributed by atoms with E-state index in [4.69, 9.17) is 4.74 Å². The van der Waals surface area contributed by atoms with E-state index < -0.39 is 0 Å². The molecule has 35 heavy (non-hydrogen) atoms. The number of benzene rings is 1. The van der Waals surface area contributed by atoms with Crippen molar-refractivity contribution in [3.05, 3.63) is 47.8 Å². The number of carbonyl (C=O) groups is 2. The van der Waals surface area contributed by atoms with Crippen molar-refractivity contribution in [3.63, 3.8) is 0 Å². The maximum atomic E-state index is 14.0. The lowest BCUT2D eigenvalue weighted by atomic mass is 9.92. The molecule has 3 heterocycles. The Balaban J connectivity index is 1.58. The summed E-state index contributed by atoms with van der Waals surface area (Å²) in [6.07, 6.45) is 4.09. The van der Waals surface area contributed by atoms with Crippen molar-refractivity contribution in [2.75, 3.05) is 45.9 Å². The van der Waals surface area contributed by atoms with Crippen molar-refractivity contribution in [2.45, 2.75) is 46.1 Å². The normalized spacial score (nSPS) is 20.7. The molecule has 1 aromatic carbocycles. The van der Waals surface area contributed by atoms with Gasteiger partial charge in [0.15, 0.2) is 0 Å². The Morgan fingerprint density at radius 3 is 2.60 bits per heavy atom. The topological polar surface area (TPSA) is 79.7 Å². The summed E-state index contributed by atoms with van der Waals surface area (Å²) in [5, 5.41) is 8.06. The quantitative estimate of drug-likeness (QED) is 0.627. The van der Waals surface area contributed by atoms with Crippen LogP contribution in [0.5, 0.6) is 0 Å². The number of rotatable bonds is 8. The fourth-order valence-corrected chi connectivity index (χ4v) is 5.15. The smallest absolute Gasteiger partial charge is 0.257 e. The molecule has 2 fully saturated rings. The highest BCUT2D eigenvalue weighted by Crippen LogP contribution is 2.24. The molecule has 0 bridgehead atoms. The first-order valence-electron chi connectivity index (χ1n) is 13.0. The van der Waals surface area contributed by atoms with Gasteiger partial charge in [0, 0.05) is 38.8 Å². The number of carbonyl (C=O) groups excluding carboxylic acids is 2. The first-order valence-corrected chi connectivity index (χ1v) is 13.0. The Hall–Kier alpha value is -2.71. The van der Waals surface area contributed by atoms with Gasteiger partial charge in [-0.25, -0.2) is 4.68 Å². The van der Waals surface area contributed by atoms with Crippen LogP contribution in [-0.4, -0.2) is 83.4 Å². The van der Waals surface area contributed by atoms with Crippen LogP contribution in [-0.2, 0) is 16.0 Å². The van der Waals surface area contributed by atoms with Crippen molar-refractivity contribution in [1.82, 2.24) is 24.9 Å². The van der Waals surface area contributed by atoms with Crippen LogP contribution in [0.15, 0.2) is 36.5 Å². The monoisotopic (exact) mass is 481 g/mol. The maximum Gasteiger partial charge on any atom is 0.257 e.